The summed E-state index contributed by atoms with van der Waals surface area (Å²) < 4.78 is 62.0. The van der Waals surface area contributed by atoms with Crippen LogP contribution in [0.25, 0.3) is 6.08 Å². The Kier molecular flexibility index (Phi) is 9.39. The van der Waals surface area contributed by atoms with E-state index in [0.29, 0.717) is 13.2 Å². The predicted octanol–water partition coefficient (Wildman–Crippen LogP) is 4.61. The normalized spacial score (nSPS) is 17.1. The van der Waals surface area contributed by atoms with Crippen molar-refractivity contribution in [1.82, 2.24) is 4.90 Å². The first-order valence-corrected chi connectivity index (χ1v) is 8.59. The van der Waals surface area contributed by atoms with Gasteiger partial charge in [-0.1, -0.05) is 26.0 Å². The Morgan fingerprint density at radius 3 is 2.19 bits per heavy atom. The zero-order chi connectivity index (χ0) is 18.4. The molecular formula is C18H25ClF4N2O. The first-order chi connectivity index (χ1) is 12.0. The summed E-state index contributed by atoms with van der Waals surface area (Å²) in [6.45, 7) is 6.55. The van der Waals surface area contributed by atoms with Crippen LogP contribution in [-0.2, 0) is 4.74 Å². The fraction of sp³-hybridized carbons (Fsp3) is 0.556. The fourth-order valence-electron chi connectivity index (χ4n) is 2.77. The van der Waals surface area contributed by atoms with Crippen molar-refractivity contribution in [3.63, 3.8) is 0 Å². The van der Waals surface area contributed by atoms with Gasteiger partial charge in [0, 0.05) is 19.7 Å². The zero-order valence-corrected chi connectivity index (χ0v) is 15.8. The van der Waals surface area contributed by atoms with Crippen LogP contribution in [0.5, 0.6) is 0 Å². The maximum atomic E-state index is 14.2. The molecule has 0 radical (unpaired) electrons. The highest BCUT2D eigenvalue weighted by atomic mass is 35.5. The number of nitrogens with one attached hydrogen (secondary N) is 1. The minimum atomic E-state index is -1.42. The number of rotatable bonds is 8. The number of hydrogen-bond donors (Lipinski definition) is 1. The van der Waals surface area contributed by atoms with E-state index in [1.165, 1.54) is 6.08 Å². The van der Waals surface area contributed by atoms with Crippen LogP contribution in [0.4, 0.5) is 23.2 Å². The lowest BCUT2D eigenvalue weighted by Crippen LogP contribution is -2.22. The monoisotopic (exact) mass is 396 g/mol. The summed E-state index contributed by atoms with van der Waals surface area (Å²) in [5.41, 5.74) is -1.49. The molecule has 0 spiro atoms. The van der Waals surface area contributed by atoms with Gasteiger partial charge in [0.05, 0.1) is 11.7 Å². The molecular weight excluding hydrogens is 372 g/mol. The van der Waals surface area contributed by atoms with Crippen molar-refractivity contribution in [3.8, 4) is 0 Å². The van der Waals surface area contributed by atoms with Gasteiger partial charge in [0.2, 0.25) is 0 Å². The van der Waals surface area contributed by atoms with E-state index in [1.54, 1.807) is 0 Å². The molecule has 1 aliphatic heterocycles. The molecule has 1 aromatic rings. The average molecular weight is 397 g/mol. The van der Waals surface area contributed by atoms with E-state index in [1.807, 2.05) is 18.7 Å². The fourth-order valence-corrected chi connectivity index (χ4v) is 2.77. The Morgan fingerprint density at radius 2 is 1.69 bits per heavy atom. The number of anilines is 1. The molecule has 0 bridgehead atoms. The lowest BCUT2D eigenvalue weighted by molar-refractivity contribution is 0.120. The molecule has 148 valence electrons. The summed E-state index contributed by atoms with van der Waals surface area (Å²) in [4.78, 5) is 2.00. The molecule has 0 saturated carbocycles. The Bertz CT molecular complexity index is 589. The maximum absolute atomic E-state index is 14.2. The molecule has 0 aromatic heterocycles. The van der Waals surface area contributed by atoms with Gasteiger partial charge in [-0.05, 0) is 25.9 Å². The highest BCUT2D eigenvalue weighted by molar-refractivity contribution is 5.85. The smallest absolute Gasteiger partial charge is 0.185 e. The second kappa shape index (κ2) is 10.7. The summed E-state index contributed by atoms with van der Waals surface area (Å²) >= 11 is 0. The van der Waals surface area contributed by atoms with E-state index in [-0.39, 0.29) is 25.1 Å². The lowest BCUT2D eigenvalue weighted by Gasteiger charge is -2.16. The molecule has 2 rings (SSSR count). The van der Waals surface area contributed by atoms with Crippen molar-refractivity contribution >= 4 is 24.2 Å². The van der Waals surface area contributed by atoms with Crippen molar-refractivity contribution in [2.75, 3.05) is 38.1 Å². The first-order valence-electron chi connectivity index (χ1n) is 8.59. The van der Waals surface area contributed by atoms with Crippen LogP contribution in [-0.4, -0.2) is 43.8 Å². The Morgan fingerprint density at radius 1 is 1.08 bits per heavy atom. The predicted molar refractivity (Wildman–Crippen MR) is 97.8 cm³/mol. The number of hydrogen-bond acceptors (Lipinski definition) is 3. The van der Waals surface area contributed by atoms with Gasteiger partial charge < -0.3 is 15.0 Å². The minimum Gasteiger partial charge on any atom is -0.378 e. The second-order valence-corrected chi connectivity index (χ2v) is 5.95. The number of likely N-dealkylation sites (N-methyl/N-ethyl adjacent to an activating group) is 1. The van der Waals surface area contributed by atoms with Gasteiger partial charge in [-0.25, -0.2) is 17.6 Å². The van der Waals surface area contributed by atoms with E-state index in [0.717, 1.165) is 32.0 Å². The van der Waals surface area contributed by atoms with E-state index < -0.39 is 34.5 Å². The van der Waals surface area contributed by atoms with Gasteiger partial charge in [0.25, 0.3) is 0 Å². The van der Waals surface area contributed by atoms with Gasteiger partial charge in [-0.15, -0.1) is 12.4 Å². The van der Waals surface area contributed by atoms with Crippen molar-refractivity contribution in [2.24, 2.45) is 0 Å². The van der Waals surface area contributed by atoms with Crippen LogP contribution >= 0.6 is 12.4 Å². The van der Waals surface area contributed by atoms with Crippen LogP contribution in [0.15, 0.2) is 6.08 Å². The van der Waals surface area contributed by atoms with E-state index in [4.69, 9.17) is 4.74 Å². The standard InChI is InChI=1S/C18H24F4N2O.ClH/c1-3-24(4-2)9-5-8-13-14(19)16(21)18(17(22)15(13)20)23-11-12-7-6-10-25-12;/h5,8,12,23H,3-4,6-7,9-11H2,1-2H3;1H. The van der Waals surface area contributed by atoms with Gasteiger partial charge >= 0.3 is 0 Å². The summed E-state index contributed by atoms with van der Waals surface area (Å²) in [6, 6.07) is 0. The Balaban J connectivity index is 0.00000338. The van der Waals surface area contributed by atoms with E-state index in [2.05, 4.69) is 5.32 Å². The summed E-state index contributed by atoms with van der Waals surface area (Å²) in [5.74, 6) is -5.63. The molecule has 1 aliphatic rings. The minimum absolute atomic E-state index is 0. The van der Waals surface area contributed by atoms with Crippen molar-refractivity contribution < 1.29 is 22.3 Å². The number of nitrogens with zero attached hydrogens (tertiary/aromatic N) is 1. The van der Waals surface area contributed by atoms with Gasteiger partial charge in [-0.3, -0.25) is 0 Å². The molecule has 1 saturated heterocycles. The number of halogens is 5. The average Bonchev–Trinajstić information content (AvgIpc) is 3.13. The van der Waals surface area contributed by atoms with Crippen LogP contribution in [0.3, 0.4) is 0 Å². The SMILES string of the molecule is CCN(CC)CC=Cc1c(F)c(F)c(NCC2CCCO2)c(F)c1F.Cl. The highest BCUT2D eigenvalue weighted by Crippen LogP contribution is 2.29. The van der Waals surface area contributed by atoms with Crippen molar-refractivity contribution in [2.45, 2.75) is 32.8 Å². The Hall–Kier alpha value is -1.31. The van der Waals surface area contributed by atoms with Crippen LogP contribution in [0, 0.1) is 23.3 Å². The molecule has 3 nitrogen and oxygen atoms in total. The largest absolute Gasteiger partial charge is 0.378 e. The van der Waals surface area contributed by atoms with E-state index in [9.17, 15) is 17.6 Å². The molecule has 1 fully saturated rings. The lowest BCUT2D eigenvalue weighted by atomic mass is 10.1. The first kappa shape index (κ1) is 22.7. The second-order valence-electron chi connectivity index (χ2n) is 5.95. The Labute approximate surface area is 157 Å². The van der Waals surface area contributed by atoms with Gasteiger partial charge in [0.1, 0.15) is 5.69 Å². The molecule has 1 atom stereocenters. The molecule has 1 heterocycles. The van der Waals surface area contributed by atoms with Crippen molar-refractivity contribution in [1.29, 1.82) is 0 Å². The topological polar surface area (TPSA) is 24.5 Å². The molecule has 1 N–H and O–H groups in total. The molecule has 0 aliphatic carbocycles. The molecule has 26 heavy (non-hydrogen) atoms. The summed E-state index contributed by atoms with van der Waals surface area (Å²) in [6.07, 6.45) is 3.97. The maximum Gasteiger partial charge on any atom is 0.185 e. The quantitative estimate of drug-likeness (QED) is 0.513. The number of benzene rings is 1. The highest BCUT2D eigenvalue weighted by Gasteiger charge is 2.25. The molecule has 0 amide bonds. The van der Waals surface area contributed by atoms with Crippen LogP contribution < -0.4 is 5.32 Å². The third kappa shape index (κ3) is 5.34. The molecule has 1 aromatic carbocycles. The van der Waals surface area contributed by atoms with Crippen LogP contribution in [0.2, 0.25) is 0 Å². The third-order valence-electron chi connectivity index (χ3n) is 4.37. The molecule has 1 unspecified atom stereocenters. The summed E-state index contributed by atoms with van der Waals surface area (Å²) in [5, 5.41) is 2.44. The summed E-state index contributed by atoms with van der Waals surface area (Å²) in [7, 11) is 0. The van der Waals surface area contributed by atoms with Gasteiger partial charge in [0.15, 0.2) is 23.3 Å². The molecule has 8 heteroatoms. The van der Waals surface area contributed by atoms with Crippen molar-refractivity contribution in [3.05, 3.63) is 34.9 Å². The third-order valence-corrected chi connectivity index (χ3v) is 4.37. The number of ether oxygens (including phenoxy) is 1. The van der Waals surface area contributed by atoms with Crippen LogP contribution in [0.1, 0.15) is 32.3 Å². The zero-order valence-electron chi connectivity index (χ0n) is 15.0. The van der Waals surface area contributed by atoms with Gasteiger partial charge in [-0.2, -0.15) is 0 Å². The van der Waals surface area contributed by atoms with E-state index >= 15 is 0 Å².